The van der Waals surface area contributed by atoms with Gasteiger partial charge >= 0.3 is 0 Å². The highest BCUT2D eigenvalue weighted by atomic mass is 16.5. The fourth-order valence-corrected chi connectivity index (χ4v) is 2.83. The number of ether oxygens (including phenoxy) is 1. The Morgan fingerprint density at radius 2 is 1.68 bits per heavy atom. The molecule has 1 atom stereocenters. The first-order valence-corrected chi connectivity index (χ1v) is 8.91. The van der Waals surface area contributed by atoms with Crippen LogP contribution in [-0.4, -0.2) is 37.0 Å². The topological polar surface area (TPSA) is 41.6 Å². The van der Waals surface area contributed by atoms with Crippen molar-refractivity contribution >= 4 is 5.91 Å². The standard InChI is InChI=1S/C21H28N2O2/c1-4-23(5-2)20(18-9-7-6-8-10-18)21(24)22-15-16-25-19-13-11-17(3)12-14-19/h6-14,20H,4-5,15-16H2,1-3H3,(H,22,24). The van der Waals surface area contributed by atoms with E-state index >= 15 is 0 Å². The molecule has 0 spiro atoms. The van der Waals surface area contributed by atoms with Gasteiger partial charge in [0.15, 0.2) is 0 Å². The van der Waals surface area contributed by atoms with Crippen molar-refractivity contribution in [3.8, 4) is 5.75 Å². The molecule has 0 radical (unpaired) electrons. The van der Waals surface area contributed by atoms with E-state index in [9.17, 15) is 4.79 Å². The van der Waals surface area contributed by atoms with Crippen molar-refractivity contribution in [3.63, 3.8) is 0 Å². The summed E-state index contributed by atoms with van der Waals surface area (Å²) in [5.41, 5.74) is 2.22. The number of benzene rings is 2. The minimum absolute atomic E-state index is 0.0161. The molecule has 4 nitrogen and oxygen atoms in total. The zero-order valence-electron chi connectivity index (χ0n) is 15.4. The molecule has 25 heavy (non-hydrogen) atoms. The molecule has 134 valence electrons. The fraction of sp³-hybridized carbons (Fsp3) is 0.381. The quantitative estimate of drug-likeness (QED) is 0.710. The van der Waals surface area contributed by atoms with E-state index in [-0.39, 0.29) is 11.9 Å². The number of nitrogens with zero attached hydrogens (tertiary/aromatic N) is 1. The monoisotopic (exact) mass is 340 g/mol. The highest BCUT2D eigenvalue weighted by molar-refractivity contribution is 5.83. The first-order valence-electron chi connectivity index (χ1n) is 8.91. The van der Waals surface area contributed by atoms with Crippen LogP contribution >= 0.6 is 0 Å². The number of aryl methyl sites for hydroxylation is 1. The molecule has 1 amide bonds. The van der Waals surface area contributed by atoms with E-state index in [2.05, 4.69) is 24.1 Å². The first kappa shape index (κ1) is 19.0. The van der Waals surface area contributed by atoms with Crippen molar-refractivity contribution in [2.45, 2.75) is 26.8 Å². The Morgan fingerprint density at radius 1 is 1.04 bits per heavy atom. The van der Waals surface area contributed by atoms with Gasteiger partial charge in [0.05, 0.1) is 6.54 Å². The minimum Gasteiger partial charge on any atom is -0.492 e. The van der Waals surface area contributed by atoms with E-state index in [1.807, 2.05) is 61.5 Å². The number of hydrogen-bond donors (Lipinski definition) is 1. The summed E-state index contributed by atoms with van der Waals surface area (Å²) in [4.78, 5) is 14.9. The Labute approximate surface area is 150 Å². The average Bonchev–Trinajstić information content (AvgIpc) is 2.65. The zero-order chi connectivity index (χ0) is 18.1. The number of nitrogens with one attached hydrogen (secondary N) is 1. The number of rotatable bonds is 9. The Hall–Kier alpha value is -2.33. The maximum Gasteiger partial charge on any atom is 0.242 e. The third kappa shape index (κ3) is 5.61. The van der Waals surface area contributed by atoms with Crippen molar-refractivity contribution in [2.75, 3.05) is 26.2 Å². The maximum absolute atomic E-state index is 12.8. The van der Waals surface area contributed by atoms with Crippen molar-refractivity contribution in [1.82, 2.24) is 10.2 Å². The van der Waals surface area contributed by atoms with Gasteiger partial charge in [0.1, 0.15) is 18.4 Å². The second kappa shape index (κ2) is 9.84. The van der Waals surface area contributed by atoms with Crippen LogP contribution in [0.4, 0.5) is 0 Å². The number of carbonyl (C=O) groups is 1. The molecule has 2 rings (SSSR count). The molecule has 0 aromatic heterocycles. The van der Waals surface area contributed by atoms with E-state index in [4.69, 9.17) is 4.74 Å². The second-order valence-electron chi connectivity index (χ2n) is 5.99. The van der Waals surface area contributed by atoms with Crippen molar-refractivity contribution < 1.29 is 9.53 Å². The lowest BCUT2D eigenvalue weighted by Gasteiger charge is -2.29. The van der Waals surface area contributed by atoms with E-state index in [1.54, 1.807) is 0 Å². The van der Waals surface area contributed by atoms with Gasteiger partial charge in [-0.25, -0.2) is 0 Å². The summed E-state index contributed by atoms with van der Waals surface area (Å²) >= 11 is 0. The molecule has 2 aromatic carbocycles. The Kier molecular flexibility index (Phi) is 7.48. The summed E-state index contributed by atoms with van der Waals surface area (Å²) in [6, 6.07) is 17.6. The summed E-state index contributed by atoms with van der Waals surface area (Å²) in [6.45, 7) is 8.78. The predicted octanol–water partition coefficient (Wildman–Crippen LogP) is 3.57. The van der Waals surface area contributed by atoms with Gasteiger partial charge < -0.3 is 10.1 Å². The Morgan fingerprint density at radius 3 is 2.28 bits per heavy atom. The molecule has 0 bridgehead atoms. The molecule has 4 heteroatoms. The third-order valence-corrected chi connectivity index (χ3v) is 4.23. The number of hydrogen-bond acceptors (Lipinski definition) is 3. The normalized spacial score (nSPS) is 12.0. The highest BCUT2D eigenvalue weighted by Crippen LogP contribution is 2.20. The van der Waals surface area contributed by atoms with Gasteiger partial charge in [0.2, 0.25) is 5.91 Å². The van der Waals surface area contributed by atoms with Gasteiger partial charge in [-0.3, -0.25) is 9.69 Å². The van der Waals surface area contributed by atoms with Gasteiger partial charge in [-0.15, -0.1) is 0 Å². The smallest absolute Gasteiger partial charge is 0.242 e. The highest BCUT2D eigenvalue weighted by Gasteiger charge is 2.25. The molecule has 0 fully saturated rings. The lowest BCUT2D eigenvalue weighted by Crippen LogP contribution is -2.41. The number of amides is 1. The number of likely N-dealkylation sites (N-methyl/N-ethyl adjacent to an activating group) is 1. The summed E-state index contributed by atoms with van der Waals surface area (Å²) in [5, 5.41) is 3.01. The van der Waals surface area contributed by atoms with Crippen molar-refractivity contribution in [1.29, 1.82) is 0 Å². The fourth-order valence-electron chi connectivity index (χ4n) is 2.83. The summed E-state index contributed by atoms with van der Waals surface area (Å²) in [6.07, 6.45) is 0. The molecule has 0 saturated carbocycles. The van der Waals surface area contributed by atoms with Crippen LogP contribution < -0.4 is 10.1 Å². The zero-order valence-corrected chi connectivity index (χ0v) is 15.4. The molecular formula is C21H28N2O2. The molecule has 2 aromatic rings. The van der Waals surface area contributed by atoms with Gasteiger partial charge in [-0.1, -0.05) is 61.9 Å². The van der Waals surface area contributed by atoms with E-state index in [0.29, 0.717) is 13.2 Å². The molecule has 1 unspecified atom stereocenters. The molecule has 1 N–H and O–H groups in total. The van der Waals surface area contributed by atoms with Crippen LogP contribution in [0.3, 0.4) is 0 Å². The van der Waals surface area contributed by atoms with Crippen LogP contribution in [0.15, 0.2) is 54.6 Å². The van der Waals surface area contributed by atoms with Crippen LogP contribution in [0.2, 0.25) is 0 Å². The Bertz CT molecular complexity index is 637. The van der Waals surface area contributed by atoms with E-state index < -0.39 is 0 Å². The lowest BCUT2D eigenvalue weighted by molar-refractivity contribution is -0.126. The number of carbonyl (C=O) groups excluding carboxylic acids is 1. The SMILES string of the molecule is CCN(CC)C(C(=O)NCCOc1ccc(C)cc1)c1ccccc1. The molecule has 0 saturated heterocycles. The summed E-state index contributed by atoms with van der Waals surface area (Å²) in [7, 11) is 0. The van der Waals surface area contributed by atoms with Crippen molar-refractivity contribution in [2.24, 2.45) is 0 Å². The second-order valence-corrected chi connectivity index (χ2v) is 5.99. The molecular weight excluding hydrogens is 312 g/mol. The van der Waals surface area contributed by atoms with E-state index in [0.717, 1.165) is 24.4 Å². The van der Waals surface area contributed by atoms with Crippen LogP contribution in [0.1, 0.15) is 31.0 Å². The van der Waals surface area contributed by atoms with Crippen molar-refractivity contribution in [3.05, 3.63) is 65.7 Å². The van der Waals surface area contributed by atoms with Gasteiger partial charge in [0, 0.05) is 0 Å². The van der Waals surface area contributed by atoms with E-state index in [1.165, 1.54) is 5.56 Å². The first-order chi connectivity index (χ1) is 12.2. The van der Waals surface area contributed by atoms with Crippen LogP contribution in [0.25, 0.3) is 0 Å². The maximum atomic E-state index is 12.8. The molecule has 0 aliphatic heterocycles. The molecule has 0 heterocycles. The predicted molar refractivity (Wildman–Crippen MR) is 102 cm³/mol. The average molecular weight is 340 g/mol. The van der Waals surface area contributed by atoms with Gasteiger partial charge in [-0.2, -0.15) is 0 Å². The summed E-state index contributed by atoms with van der Waals surface area (Å²) < 4.78 is 5.68. The molecule has 0 aliphatic carbocycles. The van der Waals surface area contributed by atoms with Crippen LogP contribution in [0.5, 0.6) is 5.75 Å². The Balaban J connectivity index is 1.92. The lowest BCUT2D eigenvalue weighted by atomic mass is 10.0. The van der Waals surface area contributed by atoms with Gasteiger partial charge in [-0.05, 0) is 37.7 Å². The van der Waals surface area contributed by atoms with Gasteiger partial charge in [0.25, 0.3) is 0 Å². The minimum atomic E-state index is -0.268. The summed E-state index contributed by atoms with van der Waals surface area (Å²) in [5.74, 6) is 0.839. The largest absolute Gasteiger partial charge is 0.492 e. The van der Waals surface area contributed by atoms with Crippen LogP contribution in [-0.2, 0) is 4.79 Å². The third-order valence-electron chi connectivity index (χ3n) is 4.23. The molecule has 0 aliphatic rings. The van der Waals surface area contributed by atoms with Crippen LogP contribution in [0, 0.1) is 6.92 Å².